The van der Waals surface area contributed by atoms with Gasteiger partial charge in [-0.1, -0.05) is 24.3 Å². The summed E-state index contributed by atoms with van der Waals surface area (Å²) in [5, 5.41) is 2.95. The molecule has 0 fully saturated rings. The molecule has 0 spiro atoms. The van der Waals surface area contributed by atoms with Crippen LogP contribution in [0.2, 0.25) is 0 Å². The second kappa shape index (κ2) is 6.22. The predicted octanol–water partition coefficient (Wildman–Crippen LogP) is 2.99. The smallest absolute Gasteiger partial charge is 0.239 e. The molecule has 0 bridgehead atoms. The predicted molar refractivity (Wildman–Crippen MR) is 92.3 cm³/mol. The van der Waals surface area contributed by atoms with Crippen LogP contribution in [0.3, 0.4) is 0 Å². The van der Waals surface area contributed by atoms with E-state index >= 15 is 0 Å². The summed E-state index contributed by atoms with van der Waals surface area (Å²) < 4.78 is 5.11. The van der Waals surface area contributed by atoms with Gasteiger partial charge in [0.15, 0.2) is 0 Å². The van der Waals surface area contributed by atoms with Crippen LogP contribution in [0.15, 0.2) is 52.7 Å². The Morgan fingerprint density at radius 3 is 3.04 bits per heavy atom. The van der Waals surface area contributed by atoms with Gasteiger partial charge in [-0.15, -0.1) is 11.3 Å². The van der Waals surface area contributed by atoms with Gasteiger partial charge in [-0.05, 0) is 23.6 Å². The molecule has 1 atom stereocenters. The molecule has 3 aromatic rings. The minimum absolute atomic E-state index is 0.313. The second-order valence-corrected chi connectivity index (χ2v) is 6.74. The van der Waals surface area contributed by atoms with Gasteiger partial charge in [0.1, 0.15) is 17.3 Å². The third-order valence-corrected chi connectivity index (χ3v) is 5.28. The molecule has 0 unspecified atom stereocenters. The lowest BCUT2D eigenvalue weighted by molar-refractivity contribution is -0.124. The Labute approximate surface area is 143 Å². The average Bonchev–Trinajstić information content (AvgIpc) is 3.25. The van der Waals surface area contributed by atoms with E-state index in [9.17, 15) is 4.79 Å². The molecule has 6 heteroatoms. The lowest BCUT2D eigenvalue weighted by Crippen LogP contribution is -2.42. The van der Waals surface area contributed by atoms with Crippen LogP contribution in [0.25, 0.3) is 10.6 Å². The molecule has 3 heterocycles. The van der Waals surface area contributed by atoms with Crippen LogP contribution in [-0.4, -0.2) is 22.3 Å². The van der Waals surface area contributed by atoms with E-state index in [1.807, 2.05) is 29.6 Å². The maximum Gasteiger partial charge on any atom is 0.239 e. The number of rotatable bonds is 4. The molecular weight excluding hydrogens is 322 g/mol. The number of primary amides is 1. The molecule has 5 nitrogen and oxygen atoms in total. The number of nitrogens with two attached hydrogens (primary N) is 1. The molecule has 0 saturated carbocycles. The van der Waals surface area contributed by atoms with Gasteiger partial charge in [0, 0.05) is 24.0 Å². The molecule has 4 rings (SSSR count). The van der Waals surface area contributed by atoms with E-state index in [2.05, 4.69) is 16.0 Å². The number of nitrogens with zero attached hydrogens (tertiary/aromatic N) is 2. The molecule has 0 saturated heterocycles. The van der Waals surface area contributed by atoms with Crippen molar-refractivity contribution in [3.05, 3.63) is 65.1 Å². The van der Waals surface area contributed by atoms with Crippen LogP contribution in [0.5, 0.6) is 0 Å². The van der Waals surface area contributed by atoms with Crippen LogP contribution in [-0.2, 0) is 17.8 Å². The first-order chi connectivity index (χ1) is 11.7. The van der Waals surface area contributed by atoms with Crippen molar-refractivity contribution in [3.8, 4) is 10.6 Å². The maximum absolute atomic E-state index is 12.1. The summed E-state index contributed by atoms with van der Waals surface area (Å²) in [4.78, 5) is 18.8. The van der Waals surface area contributed by atoms with E-state index in [-0.39, 0.29) is 5.91 Å². The van der Waals surface area contributed by atoms with Crippen molar-refractivity contribution in [1.29, 1.82) is 0 Å². The topological polar surface area (TPSA) is 72.4 Å². The number of hydrogen-bond donors (Lipinski definition) is 1. The number of carbonyl (C=O) groups is 1. The Hall–Kier alpha value is -2.44. The number of fused-ring (bicyclic) bond motifs is 1. The number of aromatic nitrogens is 1. The summed E-state index contributed by atoms with van der Waals surface area (Å²) in [6.07, 6.45) is 4.24. The second-order valence-electron chi connectivity index (χ2n) is 5.88. The highest BCUT2D eigenvalue weighted by Gasteiger charge is 2.31. The number of thiazole rings is 1. The lowest BCUT2D eigenvalue weighted by atomic mass is 9.92. The number of amides is 1. The highest BCUT2D eigenvalue weighted by Crippen LogP contribution is 2.31. The van der Waals surface area contributed by atoms with Crippen molar-refractivity contribution in [2.45, 2.75) is 19.0 Å². The highest BCUT2D eigenvalue weighted by molar-refractivity contribution is 7.13. The van der Waals surface area contributed by atoms with Crippen LogP contribution in [0.1, 0.15) is 22.9 Å². The number of hydrogen-bond acceptors (Lipinski definition) is 5. The Morgan fingerprint density at radius 1 is 1.38 bits per heavy atom. The van der Waals surface area contributed by atoms with E-state index in [0.29, 0.717) is 6.54 Å². The molecule has 2 N–H and O–H groups in total. The summed E-state index contributed by atoms with van der Waals surface area (Å²) in [5.41, 5.74) is 9.84. The van der Waals surface area contributed by atoms with E-state index in [4.69, 9.17) is 10.2 Å². The normalized spacial score (nSPS) is 17.6. The molecule has 1 amide bonds. The van der Waals surface area contributed by atoms with Gasteiger partial charge in [0.2, 0.25) is 5.91 Å². The zero-order chi connectivity index (χ0) is 16.5. The molecular formula is C18H17N3O2S. The van der Waals surface area contributed by atoms with Gasteiger partial charge < -0.3 is 10.2 Å². The van der Waals surface area contributed by atoms with Gasteiger partial charge in [-0.3, -0.25) is 9.69 Å². The molecule has 1 aliphatic rings. The van der Waals surface area contributed by atoms with Crippen molar-refractivity contribution < 1.29 is 9.21 Å². The van der Waals surface area contributed by atoms with Gasteiger partial charge in [0.25, 0.3) is 0 Å². The molecule has 2 aromatic heterocycles. The first kappa shape index (κ1) is 15.1. The van der Waals surface area contributed by atoms with Gasteiger partial charge in [-0.25, -0.2) is 4.98 Å². The summed E-state index contributed by atoms with van der Waals surface area (Å²) >= 11 is 1.58. The van der Waals surface area contributed by atoms with E-state index in [1.165, 1.54) is 5.56 Å². The summed E-state index contributed by atoms with van der Waals surface area (Å²) in [6, 6.07) is 9.53. The standard InChI is InChI=1S/C18H17N3O2S/c19-17(22)16-15-4-2-1-3-12(15)5-7-21(16)9-14-11-24-18(20-14)13-6-8-23-10-13/h1-4,6,8,10-11,16H,5,7,9H2,(H2,19,22)/t16-/m0/s1. The Kier molecular flexibility index (Phi) is 3.92. The monoisotopic (exact) mass is 339 g/mol. The SMILES string of the molecule is NC(=O)[C@@H]1c2ccccc2CCN1Cc1csc(-c2ccoc2)n1. The van der Waals surface area contributed by atoms with Gasteiger partial charge in [-0.2, -0.15) is 0 Å². The summed E-state index contributed by atoms with van der Waals surface area (Å²) in [7, 11) is 0. The van der Waals surface area contributed by atoms with Gasteiger partial charge in [0.05, 0.1) is 12.0 Å². The van der Waals surface area contributed by atoms with Crippen molar-refractivity contribution in [3.63, 3.8) is 0 Å². The number of carbonyl (C=O) groups excluding carboxylic acids is 1. The van der Waals surface area contributed by atoms with Gasteiger partial charge >= 0.3 is 0 Å². The average molecular weight is 339 g/mol. The Bertz CT molecular complexity index is 857. The first-order valence-electron chi connectivity index (χ1n) is 7.80. The fraction of sp³-hybridized carbons (Fsp3) is 0.222. The van der Waals surface area contributed by atoms with E-state index in [0.717, 1.165) is 34.8 Å². The maximum atomic E-state index is 12.1. The minimum atomic E-state index is -0.394. The van der Waals surface area contributed by atoms with E-state index in [1.54, 1.807) is 23.9 Å². The Balaban J connectivity index is 1.59. The van der Waals surface area contributed by atoms with Crippen molar-refractivity contribution in [2.24, 2.45) is 5.73 Å². The molecule has 0 aliphatic carbocycles. The van der Waals surface area contributed by atoms with Crippen molar-refractivity contribution >= 4 is 17.2 Å². The largest absolute Gasteiger partial charge is 0.472 e. The van der Waals surface area contributed by atoms with Crippen LogP contribution in [0.4, 0.5) is 0 Å². The van der Waals surface area contributed by atoms with Crippen molar-refractivity contribution in [2.75, 3.05) is 6.54 Å². The number of benzene rings is 1. The molecule has 1 aromatic carbocycles. The summed E-state index contributed by atoms with van der Waals surface area (Å²) in [6.45, 7) is 1.40. The third-order valence-electron chi connectivity index (χ3n) is 4.34. The van der Waals surface area contributed by atoms with Crippen LogP contribution >= 0.6 is 11.3 Å². The van der Waals surface area contributed by atoms with Crippen LogP contribution in [0, 0.1) is 0 Å². The summed E-state index contributed by atoms with van der Waals surface area (Å²) in [5.74, 6) is -0.313. The third kappa shape index (κ3) is 2.74. The molecule has 0 radical (unpaired) electrons. The fourth-order valence-corrected chi connectivity index (χ4v) is 4.03. The number of furan rings is 1. The molecule has 1 aliphatic heterocycles. The minimum Gasteiger partial charge on any atom is -0.472 e. The zero-order valence-electron chi connectivity index (χ0n) is 13.0. The highest BCUT2D eigenvalue weighted by atomic mass is 32.1. The quantitative estimate of drug-likeness (QED) is 0.793. The lowest BCUT2D eigenvalue weighted by Gasteiger charge is -2.34. The molecule has 24 heavy (non-hydrogen) atoms. The fourth-order valence-electron chi connectivity index (χ4n) is 3.23. The van der Waals surface area contributed by atoms with Crippen LogP contribution < -0.4 is 5.73 Å². The first-order valence-corrected chi connectivity index (χ1v) is 8.68. The molecule has 122 valence electrons. The van der Waals surface area contributed by atoms with E-state index < -0.39 is 6.04 Å². The van der Waals surface area contributed by atoms with Crippen molar-refractivity contribution in [1.82, 2.24) is 9.88 Å². The zero-order valence-corrected chi connectivity index (χ0v) is 13.8. The Morgan fingerprint density at radius 2 is 2.25 bits per heavy atom.